The lowest BCUT2D eigenvalue weighted by molar-refractivity contribution is -0.195. The summed E-state index contributed by atoms with van der Waals surface area (Å²) in [6, 6.07) is 35.0. The summed E-state index contributed by atoms with van der Waals surface area (Å²) in [7, 11) is 0. The Morgan fingerprint density at radius 3 is 1.53 bits per heavy atom. The van der Waals surface area contributed by atoms with Crippen molar-refractivity contribution >= 4 is 41.8 Å². The van der Waals surface area contributed by atoms with Crippen LogP contribution >= 0.6 is 24.1 Å². The molecule has 53 heavy (non-hydrogen) atoms. The van der Waals surface area contributed by atoms with Crippen LogP contribution in [0.3, 0.4) is 0 Å². The van der Waals surface area contributed by atoms with Crippen molar-refractivity contribution in [1.82, 2.24) is 19.6 Å². The number of aromatic nitrogens is 4. The highest BCUT2D eigenvalue weighted by atomic mass is 32.2. The van der Waals surface area contributed by atoms with Crippen LogP contribution in [0.4, 0.5) is 16.4 Å². The number of rotatable bonds is 11. The van der Waals surface area contributed by atoms with E-state index in [1.165, 1.54) is 5.56 Å². The minimum atomic E-state index is -0.602. The van der Waals surface area contributed by atoms with E-state index < -0.39 is 11.7 Å². The van der Waals surface area contributed by atoms with E-state index in [4.69, 9.17) is 22.3 Å². The van der Waals surface area contributed by atoms with E-state index in [0.29, 0.717) is 11.6 Å². The highest BCUT2D eigenvalue weighted by molar-refractivity contribution is 7.94. The van der Waals surface area contributed by atoms with E-state index in [1.807, 2.05) is 117 Å². The highest BCUT2D eigenvalue weighted by Gasteiger charge is 2.19. The van der Waals surface area contributed by atoms with Crippen molar-refractivity contribution in [3.63, 3.8) is 0 Å². The number of nitrogens with zero attached hydrogens (tertiary/aromatic N) is 4. The van der Waals surface area contributed by atoms with Gasteiger partial charge in [-0.1, -0.05) is 59.7 Å². The molecular weight excluding hydrogens is 717 g/mol. The first-order valence-corrected chi connectivity index (χ1v) is 17.6. The molecule has 0 aliphatic carbocycles. The smallest absolute Gasteiger partial charge is 0.413 e. The Balaban J connectivity index is 0.000000211. The Labute approximate surface area is 315 Å². The van der Waals surface area contributed by atoms with Gasteiger partial charge in [-0.2, -0.15) is 16.9 Å². The van der Waals surface area contributed by atoms with Crippen LogP contribution in [-0.4, -0.2) is 31.3 Å². The summed E-state index contributed by atoms with van der Waals surface area (Å²) in [4.78, 5) is 22.0. The summed E-state index contributed by atoms with van der Waals surface area (Å²) >= 11 is 2.03. The normalized spacial score (nSPS) is 11.2. The molecule has 2 aromatic heterocycles. The second-order valence-corrected chi connectivity index (χ2v) is 14.1. The third-order valence-electron chi connectivity index (χ3n) is 7.26. The molecule has 6 aromatic rings. The van der Waals surface area contributed by atoms with E-state index in [0.717, 1.165) is 73.3 Å². The molecule has 14 nitrogen and oxygen atoms in total. The van der Waals surface area contributed by atoms with Gasteiger partial charge in [0.05, 0.1) is 46.8 Å². The van der Waals surface area contributed by atoms with Crippen LogP contribution in [0.25, 0.3) is 33.9 Å². The highest BCUT2D eigenvalue weighted by Crippen LogP contribution is 2.29. The van der Waals surface area contributed by atoms with Gasteiger partial charge in [-0.25, -0.2) is 14.2 Å². The average molecular weight is 757 g/mol. The molecule has 0 atom stereocenters. The summed E-state index contributed by atoms with van der Waals surface area (Å²) < 4.78 is 18.2. The van der Waals surface area contributed by atoms with Crippen LogP contribution in [0.2, 0.25) is 0 Å². The number of benzene rings is 4. The number of amides is 1. The van der Waals surface area contributed by atoms with Crippen LogP contribution in [-0.2, 0) is 23.4 Å². The van der Waals surface area contributed by atoms with Gasteiger partial charge in [0.25, 0.3) is 0 Å². The topological polar surface area (TPSA) is 189 Å². The molecule has 0 aliphatic heterocycles. The van der Waals surface area contributed by atoms with E-state index in [9.17, 15) is 4.79 Å². The summed E-state index contributed by atoms with van der Waals surface area (Å²) in [5.41, 5.74) is 13.1. The van der Waals surface area contributed by atoms with Gasteiger partial charge in [-0.3, -0.25) is 5.32 Å². The van der Waals surface area contributed by atoms with Gasteiger partial charge in [0.15, 0.2) is 5.82 Å². The first kappa shape index (κ1) is 39.0. The van der Waals surface area contributed by atoms with Crippen LogP contribution < -0.4 is 22.8 Å². The van der Waals surface area contributed by atoms with Gasteiger partial charge in [0.1, 0.15) is 11.4 Å². The van der Waals surface area contributed by atoms with Crippen molar-refractivity contribution in [2.24, 2.45) is 11.8 Å². The lowest BCUT2D eigenvalue weighted by atomic mass is 10.1. The average Bonchev–Trinajstić information content (AvgIpc) is 3.74. The van der Waals surface area contributed by atoms with Gasteiger partial charge in [-0.05, 0) is 83.1 Å². The van der Waals surface area contributed by atoms with E-state index in [-0.39, 0.29) is 0 Å². The number of carbonyl (C=O) groups is 1. The molecule has 16 heteroatoms. The third-order valence-corrected chi connectivity index (χ3v) is 8.49. The second kappa shape index (κ2) is 18.0. The van der Waals surface area contributed by atoms with Crippen molar-refractivity contribution in [3.8, 4) is 33.9 Å². The summed E-state index contributed by atoms with van der Waals surface area (Å²) in [5, 5.41) is 11.6. The maximum Gasteiger partial charge on any atom is 0.413 e. The Morgan fingerprint density at radius 2 is 1.09 bits per heavy atom. The lowest BCUT2D eigenvalue weighted by Crippen LogP contribution is -2.27. The van der Waals surface area contributed by atoms with Crippen molar-refractivity contribution < 1.29 is 28.2 Å². The van der Waals surface area contributed by atoms with E-state index >= 15 is 0 Å². The molecule has 7 N–H and O–H groups in total. The van der Waals surface area contributed by atoms with E-state index in [1.54, 1.807) is 4.68 Å². The van der Waals surface area contributed by atoms with Crippen LogP contribution in [0.5, 0.6) is 0 Å². The molecule has 0 radical (unpaired) electrons. The van der Waals surface area contributed by atoms with Gasteiger partial charge < -0.3 is 10.5 Å². The third kappa shape index (κ3) is 11.2. The number of hydrogen-bond acceptors (Lipinski definition) is 13. The van der Waals surface area contributed by atoms with Crippen molar-refractivity contribution in [3.05, 3.63) is 120 Å². The van der Waals surface area contributed by atoms with Crippen molar-refractivity contribution in [2.45, 2.75) is 50.0 Å². The van der Waals surface area contributed by atoms with Gasteiger partial charge in [0, 0.05) is 33.1 Å². The number of hydrogen-bond donors (Lipinski definition) is 4. The monoisotopic (exact) mass is 756 g/mol. The molecule has 0 aliphatic rings. The minimum absolute atomic E-state index is 0.387. The van der Waals surface area contributed by atoms with Crippen LogP contribution in [0, 0.1) is 13.8 Å². The van der Waals surface area contributed by atoms with Crippen molar-refractivity contribution in [1.29, 1.82) is 0 Å². The lowest BCUT2D eigenvalue weighted by Gasteiger charge is -2.19. The fourth-order valence-corrected chi connectivity index (χ4v) is 5.64. The summed E-state index contributed by atoms with van der Waals surface area (Å²) in [6.07, 6.45) is -0.562. The molecule has 0 spiro atoms. The molecule has 0 bridgehead atoms. The zero-order valence-electron chi connectivity index (χ0n) is 29.7. The number of nitrogens with two attached hydrogens (primary N) is 3. The largest absolute Gasteiger partial charge is 0.444 e. The predicted octanol–water partition coefficient (Wildman–Crippen LogP) is 8.28. The molecule has 276 valence electrons. The molecule has 1 amide bonds. The Kier molecular flexibility index (Phi) is 13.3. The number of carbonyl (C=O) groups excluding carboxylic acids is 1. The molecule has 0 saturated heterocycles. The molecule has 0 fully saturated rings. The fourth-order valence-electron chi connectivity index (χ4n) is 4.91. The quantitative estimate of drug-likeness (QED) is 0.0562. The molecular formula is C37H40N8O6S2. The zero-order chi connectivity index (χ0) is 38.0. The van der Waals surface area contributed by atoms with Gasteiger partial charge in [-0.15, -0.1) is 23.7 Å². The van der Waals surface area contributed by atoms with Crippen LogP contribution in [0.15, 0.2) is 119 Å². The standard InChI is InChI=1S/C21H24N4O4S.C16H16N4O2S/c1-14-5-7-15(8-6-14)18-13-19(23-20(26)27-21(2,3)4)24-25(18)16-9-11-17(12-10-16)30-29-28-22;1-11-2-4-12(5-3-11)15-10-16(17)19-20(15)13-6-8-14(9-7-13)23-22-21-18/h5-13H,22H2,1-4H3,(H,23,24,26);2-10H,18H2,1H3,(H2,17,19). The maximum atomic E-state index is 12.2. The first-order valence-electron chi connectivity index (χ1n) is 16.1. The Hall–Kier alpha value is -5.17. The number of ether oxygens (including phenoxy) is 1. The molecule has 2 heterocycles. The minimum Gasteiger partial charge on any atom is -0.444 e. The molecule has 0 saturated carbocycles. The number of nitrogens with one attached hydrogen (secondary N) is 1. The number of aryl methyl sites for hydroxylation is 2. The van der Waals surface area contributed by atoms with Gasteiger partial charge in [0.2, 0.25) is 0 Å². The first-order chi connectivity index (χ1) is 25.4. The number of anilines is 2. The molecule has 6 rings (SSSR count). The SMILES string of the molecule is Cc1ccc(-c2cc(N)nn2-c2ccc(SOON)cc2)cc1.Cc1ccc(-c2cc(NC(=O)OC(C)(C)C)nn2-c2ccc(SOON)cc2)cc1. The Bertz CT molecular complexity index is 2080. The fraction of sp³-hybridized carbons (Fsp3) is 0.162. The van der Waals surface area contributed by atoms with E-state index in [2.05, 4.69) is 65.3 Å². The maximum absolute atomic E-state index is 12.2. The zero-order valence-corrected chi connectivity index (χ0v) is 31.3. The summed E-state index contributed by atoms with van der Waals surface area (Å²) in [5.74, 6) is 10.6. The molecule has 0 unspecified atom stereocenters. The Morgan fingerprint density at radius 1 is 0.660 bits per heavy atom. The second-order valence-electron chi connectivity index (χ2n) is 12.5. The van der Waals surface area contributed by atoms with Crippen molar-refractivity contribution in [2.75, 3.05) is 11.1 Å². The van der Waals surface area contributed by atoms with Crippen LogP contribution in [0.1, 0.15) is 31.9 Å². The molecule has 4 aromatic carbocycles. The number of nitrogen functional groups attached to an aromatic ring is 1. The van der Waals surface area contributed by atoms with Gasteiger partial charge >= 0.3 is 6.09 Å². The predicted molar refractivity (Wildman–Crippen MR) is 206 cm³/mol. The summed E-state index contributed by atoms with van der Waals surface area (Å²) in [6.45, 7) is 9.50.